The normalized spacial score (nSPS) is 16.0. The lowest BCUT2D eigenvalue weighted by Crippen LogP contribution is -2.11. The summed E-state index contributed by atoms with van der Waals surface area (Å²) in [6, 6.07) is 17.2. The minimum Gasteiger partial charge on any atom is -0.474 e. The van der Waals surface area contributed by atoms with Gasteiger partial charge in [-0.2, -0.15) is 11.8 Å². The molecular formula is C23H22ClFN2OS. The lowest BCUT2D eigenvalue weighted by atomic mass is 10.2. The molecule has 0 spiro atoms. The number of aliphatic imine (C=N–C) groups is 1. The van der Waals surface area contributed by atoms with Crippen LogP contribution in [-0.2, 0) is 17.0 Å². The van der Waals surface area contributed by atoms with Crippen LogP contribution in [0.5, 0.6) is 0 Å². The quantitative estimate of drug-likeness (QED) is 0.481. The van der Waals surface area contributed by atoms with Crippen LogP contribution in [0.3, 0.4) is 0 Å². The number of ether oxygens (including phenoxy) is 1. The monoisotopic (exact) mass is 428 g/mol. The predicted octanol–water partition coefficient (Wildman–Crippen LogP) is 5.72. The van der Waals surface area contributed by atoms with E-state index < -0.39 is 0 Å². The van der Waals surface area contributed by atoms with Crippen molar-refractivity contribution in [3.63, 3.8) is 0 Å². The highest BCUT2D eigenvalue weighted by Gasteiger charge is 2.22. The smallest absolute Gasteiger partial charge is 0.233 e. The molecule has 0 saturated heterocycles. The van der Waals surface area contributed by atoms with Crippen molar-refractivity contribution in [2.45, 2.75) is 25.3 Å². The number of halogens is 2. The minimum absolute atomic E-state index is 0.151. The average Bonchev–Trinajstić information content (AvgIpc) is 3.33. The zero-order chi connectivity index (χ0) is 20.2. The van der Waals surface area contributed by atoms with E-state index in [0.29, 0.717) is 24.1 Å². The Balaban J connectivity index is 1.39. The van der Waals surface area contributed by atoms with Crippen molar-refractivity contribution in [2.75, 3.05) is 12.4 Å². The van der Waals surface area contributed by atoms with Crippen LogP contribution in [-0.4, -0.2) is 28.9 Å². The average molecular weight is 429 g/mol. The molecule has 150 valence electrons. The predicted molar refractivity (Wildman–Crippen MR) is 119 cm³/mol. The number of thioether (sulfide) groups is 1. The van der Waals surface area contributed by atoms with Gasteiger partial charge in [0.1, 0.15) is 18.1 Å². The van der Waals surface area contributed by atoms with Crippen LogP contribution in [0.25, 0.3) is 0 Å². The number of hydrogen-bond donors (Lipinski definition) is 0. The van der Waals surface area contributed by atoms with Gasteiger partial charge in [0.15, 0.2) is 0 Å². The molecule has 2 aromatic carbocycles. The van der Waals surface area contributed by atoms with Crippen molar-refractivity contribution in [1.82, 2.24) is 4.57 Å². The SMILES string of the molecule is Cc1cccc(CSC[C@H]2COC(c3cccn3Cc3ccc(F)cc3Cl)=N2)c1. The minimum atomic E-state index is -0.332. The van der Waals surface area contributed by atoms with Gasteiger partial charge in [-0.25, -0.2) is 9.38 Å². The molecule has 3 aromatic rings. The molecule has 29 heavy (non-hydrogen) atoms. The maximum Gasteiger partial charge on any atom is 0.233 e. The second-order valence-corrected chi connectivity index (χ2v) is 8.60. The molecule has 0 fully saturated rings. The summed E-state index contributed by atoms with van der Waals surface area (Å²) < 4.78 is 21.2. The largest absolute Gasteiger partial charge is 0.474 e. The summed E-state index contributed by atoms with van der Waals surface area (Å²) >= 11 is 8.06. The van der Waals surface area contributed by atoms with Gasteiger partial charge in [0.25, 0.3) is 0 Å². The van der Waals surface area contributed by atoms with Crippen LogP contribution in [0, 0.1) is 12.7 Å². The van der Waals surface area contributed by atoms with E-state index in [1.54, 1.807) is 6.07 Å². The molecule has 0 aliphatic carbocycles. The number of aromatic nitrogens is 1. The molecule has 1 aliphatic rings. The van der Waals surface area contributed by atoms with E-state index >= 15 is 0 Å². The summed E-state index contributed by atoms with van der Waals surface area (Å²) in [5, 5.41) is 0.421. The van der Waals surface area contributed by atoms with Gasteiger partial charge in [-0.1, -0.05) is 47.5 Å². The first-order chi connectivity index (χ1) is 14.1. The fourth-order valence-corrected chi connectivity index (χ4v) is 4.54. The fraction of sp³-hybridized carbons (Fsp3) is 0.261. The highest BCUT2D eigenvalue weighted by Crippen LogP contribution is 2.22. The number of rotatable bonds is 7. The summed E-state index contributed by atoms with van der Waals surface area (Å²) in [4.78, 5) is 4.78. The second-order valence-electron chi connectivity index (χ2n) is 7.16. The van der Waals surface area contributed by atoms with Crippen molar-refractivity contribution >= 4 is 29.3 Å². The van der Waals surface area contributed by atoms with E-state index in [0.717, 1.165) is 22.8 Å². The van der Waals surface area contributed by atoms with Gasteiger partial charge < -0.3 is 9.30 Å². The van der Waals surface area contributed by atoms with Crippen molar-refractivity contribution in [1.29, 1.82) is 0 Å². The van der Waals surface area contributed by atoms with Crippen LogP contribution >= 0.6 is 23.4 Å². The van der Waals surface area contributed by atoms with Gasteiger partial charge in [-0.05, 0) is 42.3 Å². The van der Waals surface area contributed by atoms with Gasteiger partial charge in [0, 0.05) is 29.3 Å². The van der Waals surface area contributed by atoms with Crippen LogP contribution in [0.1, 0.15) is 22.4 Å². The maximum absolute atomic E-state index is 13.3. The Morgan fingerprint density at radius 1 is 1.21 bits per heavy atom. The van der Waals surface area contributed by atoms with Crippen molar-refractivity contribution in [2.24, 2.45) is 4.99 Å². The van der Waals surface area contributed by atoms with Gasteiger partial charge >= 0.3 is 0 Å². The molecule has 6 heteroatoms. The van der Waals surface area contributed by atoms with Crippen LogP contribution in [0.2, 0.25) is 5.02 Å². The number of aryl methyl sites for hydroxylation is 1. The molecule has 0 amide bonds. The van der Waals surface area contributed by atoms with E-state index in [9.17, 15) is 4.39 Å². The van der Waals surface area contributed by atoms with Crippen LogP contribution < -0.4 is 0 Å². The molecule has 2 heterocycles. The highest BCUT2D eigenvalue weighted by molar-refractivity contribution is 7.98. The van der Waals surface area contributed by atoms with Gasteiger partial charge in [0.05, 0.1) is 6.04 Å². The molecular weight excluding hydrogens is 407 g/mol. The number of nitrogens with zero attached hydrogens (tertiary/aromatic N) is 2. The highest BCUT2D eigenvalue weighted by atomic mass is 35.5. The zero-order valence-electron chi connectivity index (χ0n) is 16.1. The summed E-state index contributed by atoms with van der Waals surface area (Å²) in [5.41, 5.74) is 4.39. The lowest BCUT2D eigenvalue weighted by molar-refractivity contribution is 0.323. The Morgan fingerprint density at radius 3 is 2.93 bits per heavy atom. The molecule has 4 rings (SSSR count). The van der Waals surface area contributed by atoms with Gasteiger partial charge in [-0.15, -0.1) is 0 Å². The third-order valence-corrected chi connectivity index (χ3v) is 6.29. The molecule has 0 saturated carbocycles. The third-order valence-electron chi connectivity index (χ3n) is 4.78. The standard InChI is InChI=1S/C23H22ClFN2OS/c1-16-4-2-5-17(10-16)14-29-15-20-13-28-23(26-20)22-6-3-9-27(22)12-18-7-8-19(25)11-21(18)24/h2-11,20H,12-15H2,1H3/t20-/m1/s1. The van der Waals surface area contributed by atoms with E-state index in [4.69, 9.17) is 21.3 Å². The molecule has 1 aliphatic heterocycles. The lowest BCUT2D eigenvalue weighted by Gasteiger charge is -2.10. The first-order valence-corrected chi connectivity index (χ1v) is 11.0. The molecule has 0 bridgehead atoms. The first-order valence-electron chi connectivity index (χ1n) is 9.52. The van der Waals surface area contributed by atoms with Gasteiger partial charge in [0.2, 0.25) is 5.90 Å². The molecule has 0 radical (unpaired) electrons. The summed E-state index contributed by atoms with van der Waals surface area (Å²) in [6.45, 7) is 3.25. The Labute approximate surface area is 179 Å². The van der Waals surface area contributed by atoms with Gasteiger partial charge in [-0.3, -0.25) is 0 Å². The van der Waals surface area contributed by atoms with Crippen LogP contribution in [0.15, 0.2) is 65.8 Å². The Hall–Kier alpha value is -2.24. The molecule has 0 N–H and O–H groups in total. The fourth-order valence-electron chi connectivity index (χ4n) is 3.34. The zero-order valence-corrected chi connectivity index (χ0v) is 17.7. The number of hydrogen-bond acceptors (Lipinski definition) is 3. The van der Waals surface area contributed by atoms with Crippen LogP contribution in [0.4, 0.5) is 4.39 Å². The maximum atomic E-state index is 13.3. The molecule has 1 aromatic heterocycles. The summed E-state index contributed by atoms with van der Waals surface area (Å²) in [7, 11) is 0. The topological polar surface area (TPSA) is 26.5 Å². The summed E-state index contributed by atoms with van der Waals surface area (Å²) in [6.07, 6.45) is 1.96. The number of benzene rings is 2. The van der Waals surface area contributed by atoms with Crippen molar-refractivity contribution < 1.29 is 9.13 Å². The Kier molecular flexibility index (Phi) is 6.26. The summed E-state index contributed by atoms with van der Waals surface area (Å²) in [5.74, 6) is 2.22. The van der Waals surface area contributed by atoms with Crippen molar-refractivity contribution in [3.8, 4) is 0 Å². The third kappa shape index (κ3) is 5.03. The second kappa shape index (κ2) is 9.06. The van der Waals surface area contributed by atoms with E-state index in [1.807, 2.05) is 34.7 Å². The van der Waals surface area contributed by atoms with E-state index in [-0.39, 0.29) is 11.9 Å². The van der Waals surface area contributed by atoms with E-state index in [2.05, 4.69) is 31.2 Å². The Morgan fingerprint density at radius 2 is 2.10 bits per heavy atom. The Bertz CT molecular complexity index is 1030. The van der Waals surface area contributed by atoms with E-state index in [1.165, 1.54) is 23.3 Å². The molecule has 3 nitrogen and oxygen atoms in total. The molecule has 1 atom stereocenters. The van der Waals surface area contributed by atoms with Crippen molar-refractivity contribution in [3.05, 3.63) is 94.0 Å². The molecule has 0 unspecified atom stereocenters. The first kappa shape index (κ1) is 20.0.